The van der Waals surface area contributed by atoms with E-state index < -0.39 is 0 Å². The second-order valence-corrected chi connectivity index (χ2v) is 14.5. The SMILES string of the molecule is CN(C)c1ccc(-c2nc(-c3ccc4c(c3)-c3ccccc3C4)n(Cc3ccc(C(=O)CCCOCCOCCN)cc3)c2-c2ccc(N(C)C)cc2)cc1. The van der Waals surface area contributed by atoms with Crippen LogP contribution < -0.4 is 15.5 Å². The molecule has 5 aromatic carbocycles. The van der Waals surface area contributed by atoms with Crippen molar-refractivity contribution < 1.29 is 14.3 Å². The second-order valence-electron chi connectivity index (χ2n) is 14.5. The van der Waals surface area contributed by atoms with E-state index in [-0.39, 0.29) is 5.78 Å². The van der Waals surface area contributed by atoms with Gasteiger partial charge in [0.15, 0.2) is 5.78 Å². The first-order valence-electron chi connectivity index (χ1n) is 19.2. The summed E-state index contributed by atoms with van der Waals surface area (Å²) in [6, 6.07) is 40.9. The van der Waals surface area contributed by atoms with E-state index >= 15 is 0 Å². The molecule has 0 saturated carbocycles. The summed E-state index contributed by atoms with van der Waals surface area (Å²) in [5, 5.41) is 0. The van der Waals surface area contributed by atoms with E-state index in [9.17, 15) is 4.79 Å². The van der Waals surface area contributed by atoms with E-state index in [1.54, 1.807) is 0 Å². The number of ether oxygens (including phenoxy) is 2. The Kier molecular flexibility index (Phi) is 11.9. The quantitative estimate of drug-likeness (QED) is 0.0742. The first-order chi connectivity index (χ1) is 26.8. The van der Waals surface area contributed by atoms with Crippen molar-refractivity contribution in [3.63, 3.8) is 0 Å². The molecule has 55 heavy (non-hydrogen) atoms. The number of fused-ring (bicyclic) bond motifs is 3. The van der Waals surface area contributed by atoms with Gasteiger partial charge >= 0.3 is 0 Å². The minimum Gasteiger partial charge on any atom is -0.379 e. The predicted molar refractivity (Wildman–Crippen MR) is 225 cm³/mol. The third kappa shape index (κ3) is 8.57. The van der Waals surface area contributed by atoms with Crippen LogP contribution in [0.3, 0.4) is 0 Å². The maximum Gasteiger partial charge on any atom is 0.162 e. The highest BCUT2D eigenvalue weighted by molar-refractivity contribution is 5.96. The van der Waals surface area contributed by atoms with E-state index in [0.29, 0.717) is 57.9 Å². The van der Waals surface area contributed by atoms with Gasteiger partial charge in [0.1, 0.15) is 5.82 Å². The average molecular weight is 734 g/mol. The van der Waals surface area contributed by atoms with Crippen LogP contribution in [0.2, 0.25) is 0 Å². The maximum absolute atomic E-state index is 13.1. The molecule has 1 heterocycles. The number of hydrogen-bond acceptors (Lipinski definition) is 7. The summed E-state index contributed by atoms with van der Waals surface area (Å²) in [6.07, 6.45) is 2.03. The lowest BCUT2D eigenvalue weighted by molar-refractivity contribution is 0.0489. The number of benzene rings is 5. The molecule has 6 aromatic rings. The zero-order chi connectivity index (χ0) is 38.3. The second kappa shape index (κ2) is 17.3. The molecule has 0 atom stereocenters. The van der Waals surface area contributed by atoms with Crippen LogP contribution in [0.4, 0.5) is 11.4 Å². The fourth-order valence-corrected chi connectivity index (χ4v) is 7.28. The highest BCUT2D eigenvalue weighted by Gasteiger charge is 2.24. The molecule has 8 nitrogen and oxygen atoms in total. The number of imidazole rings is 1. The first-order valence-corrected chi connectivity index (χ1v) is 19.2. The lowest BCUT2D eigenvalue weighted by atomic mass is 10.0. The van der Waals surface area contributed by atoms with Crippen LogP contribution in [0, 0.1) is 0 Å². The van der Waals surface area contributed by atoms with Gasteiger partial charge in [-0.3, -0.25) is 4.79 Å². The molecule has 8 heteroatoms. The number of Topliss-reactive ketones (excluding diaryl/α,β-unsaturated/α-hetero) is 1. The van der Waals surface area contributed by atoms with Crippen LogP contribution in [-0.4, -0.2) is 76.5 Å². The van der Waals surface area contributed by atoms with Gasteiger partial charge in [0.2, 0.25) is 0 Å². The summed E-state index contributed by atoms with van der Waals surface area (Å²) in [5.74, 6) is 1.01. The normalized spacial score (nSPS) is 11.7. The van der Waals surface area contributed by atoms with Gasteiger partial charge in [0.25, 0.3) is 0 Å². The lowest BCUT2D eigenvalue weighted by Gasteiger charge is -2.17. The monoisotopic (exact) mass is 733 g/mol. The van der Waals surface area contributed by atoms with Crippen LogP contribution in [0.1, 0.15) is 39.9 Å². The van der Waals surface area contributed by atoms with Crippen molar-refractivity contribution >= 4 is 17.2 Å². The third-order valence-electron chi connectivity index (χ3n) is 10.3. The number of aromatic nitrogens is 2. The summed E-state index contributed by atoms with van der Waals surface area (Å²) in [4.78, 5) is 22.9. The Morgan fingerprint density at radius 2 is 1.31 bits per heavy atom. The standard InChI is InChI=1S/C47H51N5O3/c1-50(2)40-21-17-35(18-22-40)45-46(36-19-23-41(24-20-36)51(3)4)52(47(49-45)39-16-15-38-30-37-8-5-6-9-42(37)43(38)31-39)32-33-11-13-34(14-12-33)44(53)10-7-26-54-28-29-55-27-25-48/h5-6,8-9,11-24,31H,7,10,25-30,32,48H2,1-4H3. The van der Waals surface area contributed by atoms with Crippen molar-refractivity contribution in [3.05, 3.63) is 138 Å². The number of carbonyl (C=O) groups excluding carboxylic acids is 1. The Labute approximate surface area is 325 Å². The molecular formula is C47H51N5O3. The van der Waals surface area contributed by atoms with Gasteiger partial charge in [0.05, 0.1) is 31.2 Å². The van der Waals surface area contributed by atoms with Crippen LogP contribution in [0.25, 0.3) is 45.0 Å². The number of anilines is 2. The van der Waals surface area contributed by atoms with Crippen molar-refractivity contribution in [1.29, 1.82) is 0 Å². The number of nitrogens with two attached hydrogens (primary N) is 1. The molecule has 2 N–H and O–H groups in total. The summed E-state index contributed by atoms with van der Waals surface area (Å²) in [7, 11) is 8.24. The summed E-state index contributed by atoms with van der Waals surface area (Å²) in [5.41, 5.74) is 20.0. The number of rotatable bonds is 17. The number of nitrogens with zero attached hydrogens (tertiary/aromatic N) is 4. The van der Waals surface area contributed by atoms with Gasteiger partial charge in [-0.05, 0) is 71.0 Å². The fourth-order valence-electron chi connectivity index (χ4n) is 7.28. The Balaban J connectivity index is 1.26. The van der Waals surface area contributed by atoms with E-state index in [4.69, 9.17) is 20.2 Å². The van der Waals surface area contributed by atoms with Crippen LogP contribution in [-0.2, 0) is 22.4 Å². The maximum atomic E-state index is 13.1. The first kappa shape index (κ1) is 37.8. The minimum atomic E-state index is 0.112. The molecule has 0 saturated heterocycles. The molecule has 1 aromatic heterocycles. The van der Waals surface area contributed by atoms with Crippen LogP contribution >= 0.6 is 0 Å². The molecule has 0 radical (unpaired) electrons. The smallest absolute Gasteiger partial charge is 0.162 e. The summed E-state index contributed by atoms with van der Waals surface area (Å²) in [6.45, 7) is 3.14. The molecule has 0 fully saturated rings. The van der Waals surface area contributed by atoms with Crippen molar-refractivity contribution in [3.8, 4) is 45.0 Å². The highest BCUT2D eigenvalue weighted by Crippen LogP contribution is 2.42. The number of carbonyl (C=O) groups is 1. The van der Waals surface area contributed by atoms with Crippen LogP contribution in [0.5, 0.6) is 0 Å². The van der Waals surface area contributed by atoms with Crippen molar-refractivity contribution in [2.75, 3.05) is 71.0 Å². The molecular weight excluding hydrogens is 683 g/mol. The largest absolute Gasteiger partial charge is 0.379 e. The molecule has 0 bridgehead atoms. The molecule has 7 rings (SSSR count). The highest BCUT2D eigenvalue weighted by atomic mass is 16.5. The molecule has 1 aliphatic rings. The number of hydrogen-bond donors (Lipinski definition) is 1. The van der Waals surface area contributed by atoms with E-state index in [2.05, 4.69) is 146 Å². The van der Waals surface area contributed by atoms with E-state index in [1.807, 2.05) is 12.1 Å². The molecule has 0 spiro atoms. The fraction of sp³-hybridized carbons (Fsp3) is 0.277. The van der Waals surface area contributed by atoms with Crippen molar-refractivity contribution in [2.24, 2.45) is 5.73 Å². The Bertz CT molecular complexity index is 2220. The molecule has 282 valence electrons. The average Bonchev–Trinajstić information content (AvgIpc) is 3.77. The van der Waals surface area contributed by atoms with Gasteiger partial charge in [-0.15, -0.1) is 0 Å². The van der Waals surface area contributed by atoms with Crippen LogP contribution in [0.15, 0.2) is 115 Å². The van der Waals surface area contributed by atoms with E-state index in [1.165, 1.54) is 22.3 Å². The van der Waals surface area contributed by atoms with Gasteiger partial charge in [0, 0.05) is 87.9 Å². The predicted octanol–water partition coefficient (Wildman–Crippen LogP) is 8.59. The zero-order valence-electron chi connectivity index (χ0n) is 32.4. The van der Waals surface area contributed by atoms with Crippen molar-refractivity contribution in [1.82, 2.24) is 9.55 Å². The Hall–Kier alpha value is -5.54. The van der Waals surface area contributed by atoms with Gasteiger partial charge in [-0.2, -0.15) is 0 Å². The lowest BCUT2D eigenvalue weighted by Crippen LogP contribution is -2.12. The molecule has 1 aliphatic carbocycles. The van der Waals surface area contributed by atoms with Gasteiger partial charge in [-0.1, -0.05) is 84.9 Å². The van der Waals surface area contributed by atoms with E-state index in [0.717, 1.165) is 57.3 Å². The third-order valence-corrected chi connectivity index (χ3v) is 10.3. The topological polar surface area (TPSA) is 85.8 Å². The Morgan fingerprint density at radius 3 is 1.98 bits per heavy atom. The number of ketones is 1. The zero-order valence-corrected chi connectivity index (χ0v) is 32.4. The van der Waals surface area contributed by atoms with Gasteiger partial charge < -0.3 is 29.6 Å². The molecule has 0 unspecified atom stereocenters. The molecule has 0 aliphatic heterocycles. The Morgan fingerprint density at radius 1 is 0.691 bits per heavy atom. The molecule has 0 amide bonds. The van der Waals surface area contributed by atoms with Crippen molar-refractivity contribution in [2.45, 2.75) is 25.8 Å². The summed E-state index contributed by atoms with van der Waals surface area (Å²) >= 11 is 0. The van der Waals surface area contributed by atoms with Gasteiger partial charge in [-0.25, -0.2) is 4.98 Å². The summed E-state index contributed by atoms with van der Waals surface area (Å²) < 4.78 is 13.3. The minimum absolute atomic E-state index is 0.112.